The van der Waals surface area contributed by atoms with Crippen molar-refractivity contribution in [3.8, 4) is 0 Å². The summed E-state index contributed by atoms with van der Waals surface area (Å²) in [5.74, 6) is -1.37. The van der Waals surface area contributed by atoms with E-state index < -0.39 is 31.5 Å². The Hall–Kier alpha value is 0.270. The largest absolute Gasteiger partial charge is 1.00 e. The third-order valence-corrected chi connectivity index (χ3v) is 1.86. The summed E-state index contributed by atoms with van der Waals surface area (Å²) >= 11 is 0. The summed E-state index contributed by atoms with van der Waals surface area (Å²) < 4.78 is 0. The van der Waals surface area contributed by atoms with Gasteiger partial charge >= 0.3 is 35.5 Å². The number of carboxylic acid groups (broad SMARTS) is 1. The van der Waals surface area contributed by atoms with Gasteiger partial charge in [0.1, 0.15) is 0 Å². The number of hydrogen-bond donors (Lipinski definition) is 4. The number of aliphatic hydroxyl groups excluding tert-OH is 3. The maximum absolute atomic E-state index is 10.6. The van der Waals surface area contributed by atoms with Crippen molar-refractivity contribution in [3.05, 3.63) is 0 Å². The second-order valence-corrected chi connectivity index (χ2v) is 2.49. The van der Waals surface area contributed by atoms with E-state index in [-0.39, 0.29) is 35.0 Å². The van der Waals surface area contributed by atoms with Gasteiger partial charge in [0.15, 0.2) is 5.54 Å². The summed E-state index contributed by atoms with van der Waals surface area (Å²) in [6.45, 7) is -2.06. The van der Waals surface area contributed by atoms with Gasteiger partial charge in [0, 0.05) is 0 Å². The summed E-state index contributed by atoms with van der Waals surface area (Å²) in [6, 6.07) is 0. The summed E-state index contributed by atoms with van der Waals surface area (Å²) in [5, 5.41) is 34.8. The molecule has 0 aliphatic carbocycles. The second-order valence-electron chi connectivity index (χ2n) is 2.49. The zero-order valence-corrected chi connectivity index (χ0v) is 10.2. The minimum Gasteiger partial charge on any atom is -0.870 e. The van der Waals surface area contributed by atoms with Gasteiger partial charge in [-0.05, 0) is 7.05 Å². The molecule has 0 aromatic rings. The Bertz CT molecular complexity index is 162. The van der Waals surface area contributed by atoms with E-state index in [2.05, 4.69) is 0 Å². The van der Waals surface area contributed by atoms with Crippen LogP contribution in [0.2, 0.25) is 0 Å². The van der Waals surface area contributed by atoms with Crippen molar-refractivity contribution in [3.63, 3.8) is 0 Å². The Morgan fingerprint density at radius 3 is 1.71 bits per heavy atom. The molecule has 8 heteroatoms. The zero-order valence-electron chi connectivity index (χ0n) is 8.21. The fourth-order valence-electron chi connectivity index (χ4n) is 0.725. The first-order valence-corrected chi connectivity index (χ1v) is 3.32. The second kappa shape index (κ2) is 8.57. The number of carbonyl (C=O) groups is 1. The molecule has 7 nitrogen and oxygen atoms in total. The molecule has 0 aliphatic rings. The van der Waals surface area contributed by atoms with E-state index >= 15 is 0 Å². The Labute approximate surface area is 104 Å². The minimum absolute atomic E-state index is 0. The van der Waals surface area contributed by atoms with Gasteiger partial charge in [-0.25, -0.2) is 0 Å². The first-order valence-electron chi connectivity index (χ1n) is 3.32. The van der Waals surface area contributed by atoms with Crippen LogP contribution < -0.4 is 29.6 Å². The molecule has 0 aromatic heterocycles. The van der Waals surface area contributed by atoms with Crippen LogP contribution in [0.1, 0.15) is 0 Å². The smallest absolute Gasteiger partial charge is 0.870 e. The van der Waals surface area contributed by atoms with Gasteiger partial charge in [-0.15, -0.1) is 0 Å². The van der Waals surface area contributed by atoms with Gasteiger partial charge in [0.2, 0.25) is 0 Å². The van der Waals surface area contributed by atoms with E-state index in [1.54, 1.807) is 0 Å². The fraction of sp³-hybridized carbons (Fsp3) is 0.833. The Kier molecular flexibility index (Phi) is 12.1. The molecule has 0 spiro atoms. The van der Waals surface area contributed by atoms with Gasteiger partial charge in [-0.3, -0.25) is 9.69 Å². The molecular weight excluding hydrogens is 205 g/mol. The van der Waals surface area contributed by atoms with E-state index in [9.17, 15) is 4.79 Å². The monoisotopic (exact) mass is 219 g/mol. The topological polar surface area (TPSA) is 131 Å². The summed E-state index contributed by atoms with van der Waals surface area (Å²) in [6.07, 6.45) is 0. The molecule has 0 bridgehead atoms. The van der Waals surface area contributed by atoms with Gasteiger partial charge < -0.3 is 25.9 Å². The third kappa shape index (κ3) is 3.79. The van der Waals surface area contributed by atoms with Crippen LogP contribution in [0, 0.1) is 0 Å². The summed E-state index contributed by atoms with van der Waals surface area (Å²) in [4.78, 5) is 11.6. The first-order chi connectivity index (χ1) is 5.55. The summed E-state index contributed by atoms with van der Waals surface area (Å²) in [7, 11) is 1.29. The van der Waals surface area contributed by atoms with Gasteiger partial charge in [0.25, 0.3) is 0 Å². The van der Waals surface area contributed by atoms with E-state index in [4.69, 9.17) is 20.4 Å². The Morgan fingerprint density at radius 2 is 1.64 bits per heavy atom. The van der Waals surface area contributed by atoms with E-state index in [0.29, 0.717) is 0 Å². The number of hydrogen-bond acceptors (Lipinski definition) is 6. The predicted octanol–water partition coefficient (Wildman–Crippen LogP) is -5.50. The van der Waals surface area contributed by atoms with Crippen LogP contribution >= 0.6 is 0 Å². The molecule has 0 aromatic carbocycles. The normalized spacial score (nSPS) is 10.4. The number of rotatable bonds is 5. The van der Waals surface area contributed by atoms with Crippen molar-refractivity contribution in [2.45, 2.75) is 5.54 Å². The van der Waals surface area contributed by atoms with Crippen molar-refractivity contribution in [2.75, 3.05) is 27.0 Å². The molecule has 0 unspecified atom stereocenters. The van der Waals surface area contributed by atoms with Crippen molar-refractivity contribution in [2.24, 2.45) is 0 Å². The average molecular weight is 219 g/mol. The molecule has 0 fully saturated rings. The molecule has 14 heavy (non-hydrogen) atoms. The van der Waals surface area contributed by atoms with Crippen molar-refractivity contribution < 1.29 is 60.3 Å². The maximum atomic E-state index is 10.6. The van der Waals surface area contributed by atoms with Crippen LogP contribution in [-0.2, 0) is 4.79 Å². The third-order valence-electron chi connectivity index (χ3n) is 1.86. The summed E-state index contributed by atoms with van der Waals surface area (Å²) in [5.41, 5.74) is -1.80. The average Bonchev–Trinajstić information content (AvgIpc) is 2.06. The molecule has 5 N–H and O–H groups in total. The number of carboxylic acids is 1. The molecular formula is C6H14NNaO6. The van der Waals surface area contributed by atoms with E-state index in [1.807, 2.05) is 0 Å². The van der Waals surface area contributed by atoms with Crippen LogP contribution in [0.4, 0.5) is 0 Å². The molecule has 0 heterocycles. The van der Waals surface area contributed by atoms with Crippen LogP contribution in [0.3, 0.4) is 0 Å². The standard InChI is InChI=1S/C6H13NO5.Na.H2O/c1-7(4-10)6(2-8,3-9)5(11)12;;/h8-10H,2-4H2,1H3,(H,11,12);;1H2/q;+1;/p-1. The first kappa shape index (κ1) is 19.8. The van der Waals surface area contributed by atoms with Gasteiger partial charge in [0.05, 0.1) is 19.9 Å². The molecule has 0 radical (unpaired) electrons. The van der Waals surface area contributed by atoms with Crippen LogP contribution in [-0.4, -0.2) is 69.3 Å². The van der Waals surface area contributed by atoms with Gasteiger partial charge in [-0.2, -0.15) is 0 Å². The molecule has 0 amide bonds. The minimum atomic E-state index is -1.80. The Balaban J connectivity index is -0.000000605. The fourth-order valence-corrected chi connectivity index (χ4v) is 0.725. The van der Waals surface area contributed by atoms with E-state index in [0.717, 1.165) is 4.90 Å². The zero-order chi connectivity index (χ0) is 9.78. The number of likely N-dealkylation sites (N-methyl/N-ethyl adjacent to an activating group) is 1. The van der Waals surface area contributed by atoms with Crippen molar-refractivity contribution in [1.82, 2.24) is 4.90 Å². The van der Waals surface area contributed by atoms with Crippen LogP contribution in [0.15, 0.2) is 0 Å². The van der Waals surface area contributed by atoms with Crippen molar-refractivity contribution >= 4 is 5.97 Å². The number of aliphatic carboxylic acids is 1. The molecule has 80 valence electrons. The Morgan fingerprint density at radius 1 is 1.29 bits per heavy atom. The quantitative estimate of drug-likeness (QED) is 0.268. The molecule has 0 saturated heterocycles. The predicted molar refractivity (Wildman–Crippen MR) is 41.3 cm³/mol. The SMILES string of the molecule is CN(CO)C(CO)(CO)C(=O)O.[Na+].[OH-]. The van der Waals surface area contributed by atoms with Crippen LogP contribution in [0.5, 0.6) is 0 Å². The van der Waals surface area contributed by atoms with E-state index in [1.165, 1.54) is 7.05 Å². The maximum Gasteiger partial charge on any atom is 1.00 e. The molecule has 0 atom stereocenters. The molecule has 0 saturated carbocycles. The van der Waals surface area contributed by atoms with Crippen LogP contribution in [0.25, 0.3) is 0 Å². The number of aliphatic hydroxyl groups is 3. The molecule has 0 rings (SSSR count). The van der Waals surface area contributed by atoms with Gasteiger partial charge in [-0.1, -0.05) is 0 Å². The molecule has 0 aliphatic heterocycles. The van der Waals surface area contributed by atoms with Crippen molar-refractivity contribution in [1.29, 1.82) is 0 Å². The number of nitrogens with zero attached hydrogens (tertiary/aromatic N) is 1.